The Morgan fingerprint density at radius 3 is 2.19 bits per heavy atom. The molecule has 3 rings (SSSR count). The second-order valence-electron chi connectivity index (χ2n) is 5.29. The van der Waals surface area contributed by atoms with Crippen LogP contribution in [0.1, 0.15) is 32.1 Å². The summed E-state index contributed by atoms with van der Waals surface area (Å²) in [5.74, 6) is 2.93. The predicted octanol–water partition coefficient (Wildman–Crippen LogP) is 3.35. The van der Waals surface area contributed by atoms with E-state index in [1.54, 1.807) is 12.7 Å². The van der Waals surface area contributed by atoms with Crippen molar-refractivity contribution in [3.05, 3.63) is 35.5 Å². The van der Waals surface area contributed by atoms with E-state index in [0.717, 1.165) is 17.6 Å². The smallest absolute Gasteiger partial charge is 0.258 e. The summed E-state index contributed by atoms with van der Waals surface area (Å²) in [6, 6.07) is 0. The third kappa shape index (κ3) is 1.79. The Morgan fingerprint density at radius 2 is 1.62 bits per heavy atom. The lowest BCUT2D eigenvalue weighted by molar-refractivity contribution is -0.417. The lowest BCUT2D eigenvalue weighted by atomic mass is 9.82. The first-order valence-electron chi connectivity index (χ1n) is 6.34. The van der Waals surface area contributed by atoms with Crippen molar-refractivity contribution in [3.8, 4) is 0 Å². The first-order valence-corrected chi connectivity index (χ1v) is 6.34. The minimum atomic E-state index is 0.961. The lowest BCUT2D eigenvalue weighted by Crippen LogP contribution is -2.09. The summed E-state index contributed by atoms with van der Waals surface area (Å²) in [7, 11) is 1.73. The zero-order chi connectivity index (χ0) is 11.0. The minimum Gasteiger partial charge on any atom is -0.258 e. The molecular weight excluding hydrogens is 196 g/mol. The van der Waals surface area contributed by atoms with Crippen LogP contribution in [0.2, 0.25) is 0 Å². The Bertz CT molecular complexity index is 377. The Balaban J connectivity index is 1.84. The van der Waals surface area contributed by atoms with Gasteiger partial charge in [-0.3, -0.25) is 4.42 Å². The van der Waals surface area contributed by atoms with Crippen molar-refractivity contribution in [1.29, 1.82) is 0 Å². The van der Waals surface area contributed by atoms with E-state index in [9.17, 15) is 0 Å². The van der Waals surface area contributed by atoms with Gasteiger partial charge >= 0.3 is 5.78 Å². The number of ketones is 1. The summed E-state index contributed by atoms with van der Waals surface area (Å²) in [6.07, 6.45) is 15.7. The van der Waals surface area contributed by atoms with Crippen LogP contribution in [0.4, 0.5) is 0 Å². The molecule has 2 atom stereocenters. The molecule has 0 spiro atoms. The van der Waals surface area contributed by atoms with Crippen molar-refractivity contribution < 1.29 is 4.42 Å². The topological polar surface area (TPSA) is 11.3 Å². The van der Waals surface area contributed by atoms with E-state index < -0.39 is 0 Å². The molecule has 2 saturated carbocycles. The number of hydrogen-bond acceptors (Lipinski definition) is 0. The van der Waals surface area contributed by atoms with E-state index in [4.69, 9.17) is 4.42 Å². The third-order valence-corrected chi connectivity index (χ3v) is 4.22. The highest BCUT2D eigenvalue weighted by Gasteiger charge is 2.31. The van der Waals surface area contributed by atoms with Gasteiger partial charge in [0.15, 0.2) is 0 Å². The number of carbonyl (C=O) groups excluding carboxylic acids is 1. The van der Waals surface area contributed by atoms with E-state index in [0.29, 0.717) is 0 Å². The van der Waals surface area contributed by atoms with Gasteiger partial charge in [0.05, 0.1) is 0 Å². The highest BCUT2D eigenvalue weighted by molar-refractivity contribution is 6.01. The van der Waals surface area contributed by atoms with Crippen molar-refractivity contribution >= 4 is 5.78 Å². The van der Waals surface area contributed by atoms with Gasteiger partial charge < -0.3 is 0 Å². The molecule has 16 heavy (non-hydrogen) atoms. The maximum absolute atomic E-state index is 5.20. The molecule has 1 nitrogen and oxygen atoms in total. The summed E-state index contributed by atoms with van der Waals surface area (Å²) in [5, 5.41) is 0. The zero-order valence-electron chi connectivity index (χ0n) is 9.91. The van der Waals surface area contributed by atoms with Crippen LogP contribution in [0.25, 0.3) is 0 Å². The zero-order valence-corrected chi connectivity index (χ0v) is 9.91. The van der Waals surface area contributed by atoms with Crippen molar-refractivity contribution in [2.75, 3.05) is 7.11 Å². The highest BCUT2D eigenvalue weighted by atomic mass is 16.4. The number of rotatable bonds is 0. The van der Waals surface area contributed by atoms with E-state index >= 15 is 0 Å². The van der Waals surface area contributed by atoms with Gasteiger partial charge in [-0.2, -0.15) is 0 Å². The molecule has 0 aliphatic heterocycles. The Labute approximate surface area is 97.2 Å². The fraction of sp³-hybridized carbons (Fsp3) is 0.533. The molecule has 0 radical (unpaired) electrons. The molecule has 1 heteroatoms. The van der Waals surface area contributed by atoms with Crippen molar-refractivity contribution in [2.45, 2.75) is 32.1 Å². The average molecular weight is 215 g/mol. The van der Waals surface area contributed by atoms with E-state index in [1.165, 1.54) is 37.7 Å². The molecular formula is C15H19O+. The van der Waals surface area contributed by atoms with Gasteiger partial charge in [-0.15, -0.1) is 0 Å². The Hall–Kier alpha value is -1.11. The summed E-state index contributed by atoms with van der Waals surface area (Å²) in [4.78, 5) is 0. The summed E-state index contributed by atoms with van der Waals surface area (Å²) >= 11 is 0. The fourth-order valence-corrected chi connectivity index (χ4v) is 3.39. The molecule has 0 aromatic carbocycles. The summed E-state index contributed by atoms with van der Waals surface area (Å²) < 4.78 is 5.20. The molecule has 2 unspecified atom stereocenters. The summed E-state index contributed by atoms with van der Waals surface area (Å²) in [5.41, 5.74) is 3.12. The van der Waals surface area contributed by atoms with Crippen LogP contribution in [0.5, 0.6) is 0 Å². The molecule has 3 aliphatic rings. The van der Waals surface area contributed by atoms with Crippen LogP contribution in [-0.2, 0) is 4.42 Å². The van der Waals surface area contributed by atoms with Crippen LogP contribution in [0.15, 0.2) is 35.5 Å². The molecule has 3 aliphatic carbocycles. The van der Waals surface area contributed by atoms with E-state index in [1.807, 2.05) is 0 Å². The van der Waals surface area contributed by atoms with Gasteiger partial charge in [0.2, 0.25) is 0 Å². The second kappa shape index (κ2) is 4.04. The van der Waals surface area contributed by atoms with E-state index in [2.05, 4.69) is 24.3 Å². The van der Waals surface area contributed by atoms with Gasteiger partial charge in [0.1, 0.15) is 0 Å². The lowest BCUT2D eigenvalue weighted by Gasteiger charge is -2.23. The molecule has 0 saturated heterocycles. The normalized spacial score (nSPS) is 32.4. The first-order chi connectivity index (χ1) is 7.85. The number of hydrogen-bond donors (Lipinski definition) is 0. The SMILES string of the molecule is C[O+]=C1C=CC(=C2CC3CCC(C2)C3)C=C1. The molecule has 0 N–H and O–H groups in total. The predicted molar refractivity (Wildman–Crippen MR) is 66.3 cm³/mol. The molecule has 0 aromatic heterocycles. The molecule has 84 valence electrons. The fourth-order valence-electron chi connectivity index (χ4n) is 3.39. The molecule has 2 fully saturated rings. The largest absolute Gasteiger partial charge is 0.343 e. The molecule has 0 amide bonds. The van der Waals surface area contributed by atoms with Gasteiger partial charge in [-0.25, -0.2) is 0 Å². The summed E-state index contributed by atoms with van der Waals surface area (Å²) in [6.45, 7) is 0. The van der Waals surface area contributed by atoms with Gasteiger partial charge in [-0.1, -0.05) is 5.57 Å². The highest BCUT2D eigenvalue weighted by Crippen LogP contribution is 2.45. The maximum atomic E-state index is 5.20. The maximum Gasteiger partial charge on any atom is 0.343 e. The van der Waals surface area contributed by atoms with Crippen LogP contribution in [0, 0.1) is 11.8 Å². The van der Waals surface area contributed by atoms with Crippen LogP contribution in [-0.4, -0.2) is 12.9 Å². The molecule has 0 aromatic rings. The average Bonchev–Trinajstić information content (AvgIpc) is 2.68. The molecule has 2 bridgehead atoms. The number of fused-ring (bicyclic) bond motifs is 2. The van der Waals surface area contributed by atoms with Gasteiger partial charge in [-0.05, 0) is 61.7 Å². The van der Waals surface area contributed by atoms with Gasteiger partial charge in [0.25, 0.3) is 7.11 Å². The minimum absolute atomic E-state index is 0.961. The van der Waals surface area contributed by atoms with Crippen molar-refractivity contribution in [1.82, 2.24) is 0 Å². The monoisotopic (exact) mass is 215 g/mol. The van der Waals surface area contributed by atoms with Crippen LogP contribution < -0.4 is 0 Å². The quantitative estimate of drug-likeness (QED) is 0.549. The van der Waals surface area contributed by atoms with Crippen molar-refractivity contribution in [3.63, 3.8) is 0 Å². The van der Waals surface area contributed by atoms with Crippen LogP contribution >= 0.6 is 0 Å². The third-order valence-electron chi connectivity index (χ3n) is 4.22. The standard InChI is InChI=1S/C15H19O/c1-16-15-6-4-13(5-7-15)14-9-11-2-3-12(8-11)10-14/h4-7,11-12H,2-3,8-10H2,1H3/q+1. The van der Waals surface area contributed by atoms with Gasteiger partial charge in [0, 0.05) is 12.2 Å². The Kier molecular flexibility index (Phi) is 2.55. The molecule has 0 heterocycles. The number of allylic oxidation sites excluding steroid dienone is 6. The first kappa shape index (κ1) is 10.1. The Morgan fingerprint density at radius 1 is 1.00 bits per heavy atom. The van der Waals surface area contributed by atoms with Crippen LogP contribution in [0.3, 0.4) is 0 Å². The van der Waals surface area contributed by atoms with Crippen molar-refractivity contribution in [2.24, 2.45) is 11.8 Å². The second-order valence-corrected chi connectivity index (χ2v) is 5.29. The van der Waals surface area contributed by atoms with E-state index in [-0.39, 0.29) is 0 Å².